The molecule has 4 nitrogen and oxygen atoms in total. The molecule has 1 heterocycles. The maximum atomic E-state index is 11.2. The van der Waals surface area contributed by atoms with E-state index in [0.29, 0.717) is 5.92 Å². The van der Waals surface area contributed by atoms with Crippen LogP contribution < -0.4 is 4.72 Å². The fourth-order valence-corrected chi connectivity index (χ4v) is 3.70. The van der Waals surface area contributed by atoms with Gasteiger partial charge in [0.25, 0.3) is 0 Å². The van der Waals surface area contributed by atoms with Gasteiger partial charge in [0, 0.05) is 24.2 Å². The van der Waals surface area contributed by atoms with Crippen LogP contribution >= 0.6 is 11.6 Å². The first kappa shape index (κ1) is 15.8. The highest BCUT2D eigenvalue weighted by Crippen LogP contribution is 2.22. The van der Waals surface area contributed by atoms with Gasteiger partial charge >= 0.3 is 0 Å². The van der Waals surface area contributed by atoms with Crippen LogP contribution in [0, 0.1) is 0 Å². The highest BCUT2D eigenvalue weighted by atomic mass is 35.5. The first-order valence-electron chi connectivity index (χ1n) is 6.78. The zero-order valence-corrected chi connectivity index (χ0v) is 13.4. The second kappa shape index (κ2) is 6.43. The van der Waals surface area contributed by atoms with Gasteiger partial charge in [0.15, 0.2) is 0 Å². The number of sulfonamides is 1. The summed E-state index contributed by atoms with van der Waals surface area (Å²) in [4.78, 5) is 2.30. The Kier molecular flexibility index (Phi) is 5.07. The van der Waals surface area contributed by atoms with E-state index in [1.165, 1.54) is 11.8 Å². The van der Waals surface area contributed by atoms with Crippen molar-refractivity contribution in [2.75, 3.05) is 25.9 Å². The molecule has 1 N–H and O–H groups in total. The van der Waals surface area contributed by atoms with E-state index < -0.39 is 10.0 Å². The molecule has 1 saturated heterocycles. The molecule has 0 spiro atoms. The van der Waals surface area contributed by atoms with Crippen molar-refractivity contribution in [1.82, 2.24) is 9.62 Å². The SMILES string of the molecule is C[C@H](CN1CC[C@@H](NS(C)(=O)=O)C1)c1cccc(Cl)c1. The lowest BCUT2D eigenvalue weighted by Crippen LogP contribution is -2.36. The summed E-state index contributed by atoms with van der Waals surface area (Å²) in [6.07, 6.45) is 2.08. The van der Waals surface area contributed by atoms with Crippen LogP contribution in [0.4, 0.5) is 0 Å². The van der Waals surface area contributed by atoms with Crippen molar-refractivity contribution in [2.45, 2.75) is 25.3 Å². The Morgan fingerprint density at radius 1 is 1.50 bits per heavy atom. The zero-order chi connectivity index (χ0) is 14.8. The first-order chi connectivity index (χ1) is 9.33. The van der Waals surface area contributed by atoms with E-state index >= 15 is 0 Å². The molecular formula is C14H21ClN2O2S. The van der Waals surface area contributed by atoms with Crippen LogP contribution in [0.25, 0.3) is 0 Å². The number of halogens is 1. The van der Waals surface area contributed by atoms with E-state index in [-0.39, 0.29) is 6.04 Å². The Balaban J connectivity index is 1.89. The van der Waals surface area contributed by atoms with E-state index in [0.717, 1.165) is 31.1 Å². The fraction of sp³-hybridized carbons (Fsp3) is 0.571. The van der Waals surface area contributed by atoms with Crippen molar-refractivity contribution in [3.63, 3.8) is 0 Å². The molecule has 0 saturated carbocycles. The van der Waals surface area contributed by atoms with Gasteiger partial charge in [0.2, 0.25) is 10.0 Å². The third-order valence-electron chi connectivity index (χ3n) is 3.60. The van der Waals surface area contributed by atoms with Gasteiger partial charge in [-0.1, -0.05) is 30.7 Å². The molecule has 1 aliphatic rings. The first-order valence-corrected chi connectivity index (χ1v) is 9.05. The van der Waals surface area contributed by atoms with Gasteiger partial charge in [-0.2, -0.15) is 0 Å². The molecule has 0 aliphatic carbocycles. The molecule has 1 aromatic rings. The number of hydrogen-bond donors (Lipinski definition) is 1. The summed E-state index contributed by atoms with van der Waals surface area (Å²) >= 11 is 6.01. The van der Waals surface area contributed by atoms with Crippen LogP contribution in [0.3, 0.4) is 0 Å². The van der Waals surface area contributed by atoms with E-state index in [9.17, 15) is 8.42 Å². The third-order valence-corrected chi connectivity index (χ3v) is 4.60. The van der Waals surface area contributed by atoms with Gasteiger partial charge in [-0.25, -0.2) is 13.1 Å². The topological polar surface area (TPSA) is 49.4 Å². The highest BCUT2D eigenvalue weighted by Gasteiger charge is 2.25. The number of likely N-dealkylation sites (tertiary alicyclic amines) is 1. The van der Waals surface area contributed by atoms with Crippen molar-refractivity contribution in [2.24, 2.45) is 0 Å². The summed E-state index contributed by atoms with van der Waals surface area (Å²) in [6.45, 7) is 4.79. The average Bonchev–Trinajstić information content (AvgIpc) is 2.74. The monoisotopic (exact) mass is 316 g/mol. The second-order valence-electron chi connectivity index (χ2n) is 5.59. The number of nitrogens with one attached hydrogen (secondary N) is 1. The Morgan fingerprint density at radius 2 is 2.25 bits per heavy atom. The zero-order valence-electron chi connectivity index (χ0n) is 11.8. The van der Waals surface area contributed by atoms with Crippen LogP contribution in [0.2, 0.25) is 5.02 Å². The van der Waals surface area contributed by atoms with Gasteiger partial charge in [0.05, 0.1) is 6.26 Å². The number of benzene rings is 1. The summed E-state index contributed by atoms with van der Waals surface area (Å²) in [7, 11) is -3.11. The molecule has 0 unspecified atom stereocenters. The van der Waals surface area contributed by atoms with Crippen LogP contribution in [-0.2, 0) is 10.0 Å². The fourth-order valence-electron chi connectivity index (χ4n) is 2.70. The molecule has 2 rings (SSSR count). The predicted octanol–water partition coefficient (Wildman–Crippen LogP) is 2.07. The van der Waals surface area contributed by atoms with Gasteiger partial charge in [-0.15, -0.1) is 0 Å². The van der Waals surface area contributed by atoms with Crippen LogP contribution in [0.15, 0.2) is 24.3 Å². The number of hydrogen-bond acceptors (Lipinski definition) is 3. The van der Waals surface area contributed by atoms with E-state index in [4.69, 9.17) is 11.6 Å². The predicted molar refractivity (Wildman–Crippen MR) is 82.7 cm³/mol. The lowest BCUT2D eigenvalue weighted by molar-refractivity contribution is 0.315. The Bertz CT molecular complexity index is 562. The maximum Gasteiger partial charge on any atom is 0.208 e. The van der Waals surface area contributed by atoms with Crippen molar-refractivity contribution in [3.8, 4) is 0 Å². The largest absolute Gasteiger partial charge is 0.301 e. The summed E-state index contributed by atoms with van der Waals surface area (Å²) in [6, 6.07) is 7.95. The van der Waals surface area contributed by atoms with Crippen molar-refractivity contribution >= 4 is 21.6 Å². The Hall–Kier alpha value is -0.620. The molecule has 1 fully saturated rings. The normalized spacial score (nSPS) is 22.1. The van der Waals surface area contributed by atoms with Crippen LogP contribution in [-0.4, -0.2) is 45.2 Å². The molecular weight excluding hydrogens is 296 g/mol. The number of nitrogens with zero attached hydrogens (tertiary/aromatic N) is 1. The minimum absolute atomic E-state index is 0.0385. The van der Waals surface area contributed by atoms with Crippen LogP contribution in [0.5, 0.6) is 0 Å². The van der Waals surface area contributed by atoms with Crippen molar-refractivity contribution < 1.29 is 8.42 Å². The lowest BCUT2D eigenvalue weighted by Gasteiger charge is -2.21. The van der Waals surface area contributed by atoms with Gasteiger partial charge in [-0.3, -0.25) is 0 Å². The smallest absolute Gasteiger partial charge is 0.208 e. The van der Waals surface area contributed by atoms with Gasteiger partial charge in [0.1, 0.15) is 0 Å². The molecule has 0 bridgehead atoms. The Morgan fingerprint density at radius 3 is 2.90 bits per heavy atom. The lowest BCUT2D eigenvalue weighted by atomic mass is 10.0. The molecule has 0 radical (unpaired) electrons. The second-order valence-corrected chi connectivity index (χ2v) is 7.81. The van der Waals surface area contributed by atoms with E-state index in [1.54, 1.807) is 0 Å². The molecule has 6 heteroatoms. The molecule has 0 amide bonds. The maximum absolute atomic E-state index is 11.2. The molecule has 20 heavy (non-hydrogen) atoms. The number of rotatable bonds is 5. The van der Waals surface area contributed by atoms with Gasteiger partial charge in [-0.05, 0) is 36.6 Å². The van der Waals surface area contributed by atoms with Crippen molar-refractivity contribution in [3.05, 3.63) is 34.9 Å². The summed E-state index contributed by atoms with van der Waals surface area (Å²) < 4.78 is 25.1. The third kappa shape index (κ3) is 4.74. The molecule has 0 aromatic heterocycles. The van der Waals surface area contributed by atoms with E-state index in [2.05, 4.69) is 22.6 Å². The molecule has 1 aromatic carbocycles. The standard InChI is InChI=1S/C14H21ClN2O2S/c1-11(12-4-3-5-13(15)8-12)9-17-7-6-14(10-17)16-20(2,18)19/h3-5,8,11,14,16H,6-7,9-10H2,1-2H3/t11-,14-/m1/s1. The summed E-state index contributed by atoms with van der Waals surface area (Å²) in [5.74, 6) is 0.380. The summed E-state index contributed by atoms with van der Waals surface area (Å²) in [5.41, 5.74) is 1.22. The van der Waals surface area contributed by atoms with Gasteiger partial charge < -0.3 is 4.90 Å². The minimum Gasteiger partial charge on any atom is -0.301 e. The van der Waals surface area contributed by atoms with Crippen molar-refractivity contribution in [1.29, 1.82) is 0 Å². The highest BCUT2D eigenvalue weighted by molar-refractivity contribution is 7.88. The molecule has 1 aliphatic heterocycles. The molecule has 2 atom stereocenters. The van der Waals surface area contributed by atoms with Crippen LogP contribution in [0.1, 0.15) is 24.8 Å². The summed E-state index contributed by atoms with van der Waals surface area (Å²) in [5, 5.41) is 0.757. The average molecular weight is 317 g/mol. The Labute approximate surface area is 126 Å². The quantitative estimate of drug-likeness (QED) is 0.904. The van der Waals surface area contributed by atoms with E-state index in [1.807, 2.05) is 18.2 Å². The minimum atomic E-state index is -3.11. The molecule has 112 valence electrons.